The van der Waals surface area contributed by atoms with Gasteiger partial charge < -0.3 is 15.0 Å². The molecule has 0 aliphatic rings. The van der Waals surface area contributed by atoms with Gasteiger partial charge in [0.05, 0.1) is 24.1 Å². The lowest BCUT2D eigenvalue weighted by atomic mass is 10.1. The minimum absolute atomic E-state index is 0.0859. The molecule has 35 heavy (non-hydrogen) atoms. The highest BCUT2D eigenvalue weighted by Crippen LogP contribution is 2.30. The SMILES string of the molecule is CCCCNC(=O)[C@@H](C)N(Cc1ccc(OC)cc1)C(=O)CN(c1ccc(Cl)cc1Cl)S(C)(=O)=O. The maximum atomic E-state index is 13.5. The van der Waals surface area contributed by atoms with Gasteiger partial charge in [-0.1, -0.05) is 48.7 Å². The average molecular weight is 545 g/mol. The molecule has 0 fully saturated rings. The van der Waals surface area contributed by atoms with Crippen LogP contribution in [0, 0.1) is 0 Å². The summed E-state index contributed by atoms with van der Waals surface area (Å²) in [6.07, 6.45) is 2.70. The first-order chi connectivity index (χ1) is 16.5. The summed E-state index contributed by atoms with van der Waals surface area (Å²) >= 11 is 12.2. The first kappa shape index (κ1) is 28.7. The quantitative estimate of drug-likeness (QED) is 0.406. The second-order valence-corrected chi connectivity index (χ2v) is 10.8. The lowest BCUT2D eigenvalue weighted by Crippen LogP contribution is -2.51. The number of amides is 2. The fraction of sp³-hybridized carbons (Fsp3) is 0.417. The Bertz CT molecular complexity index is 1130. The number of carbonyl (C=O) groups is 2. The molecule has 1 N–H and O–H groups in total. The number of rotatable bonds is 12. The van der Waals surface area contributed by atoms with Crippen LogP contribution in [-0.2, 0) is 26.2 Å². The Morgan fingerprint density at radius 2 is 1.77 bits per heavy atom. The second-order valence-electron chi connectivity index (χ2n) is 8.06. The molecule has 1 atom stereocenters. The fourth-order valence-corrected chi connectivity index (χ4v) is 4.75. The van der Waals surface area contributed by atoms with E-state index in [1.165, 1.54) is 23.1 Å². The highest BCUT2D eigenvalue weighted by atomic mass is 35.5. The van der Waals surface area contributed by atoms with E-state index in [4.69, 9.17) is 27.9 Å². The van der Waals surface area contributed by atoms with Gasteiger partial charge in [-0.05, 0) is 49.2 Å². The number of sulfonamides is 1. The molecule has 0 saturated carbocycles. The number of hydrogen-bond donors (Lipinski definition) is 1. The molecule has 0 bridgehead atoms. The van der Waals surface area contributed by atoms with Gasteiger partial charge in [-0.15, -0.1) is 0 Å². The summed E-state index contributed by atoms with van der Waals surface area (Å²) < 4.78 is 31.3. The third-order valence-electron chi connectivity index (χ3n) is 5.37. The van der Waals surface area contributed by atoms with Crippen LogP contribution >= 0.6 is 23.2 Å². The third kappa shape index (κ3) is 8.30. The van der Waals surface area contributed by atoms with Gasteiger partial charge in [-0.25, -0.2) is 8.42 Å². The number of hydrogen-bond acceptors (Lipinski definition) is 5. The van der Waals surface area contributed by atoms with Gasteiger partial charge in [-0.3, -0.25) is 13.9 Å². The Balaban J connectivity index is 2.37. The number of methoxy groups -OCH3 is 1. The van der Waals surface area contributed by atoms with E-state index in [1.807, 2.05) is 6.92 Å². The maximum absolute atomic E-state index is 13.5. The van der Waals surface area contributed by atoms with Gasteiger partial charge in [0.1, 0.15) is 18.3 Å². The van der Waals surface area contributed by atoms with Crippen LogP contribution in [0.25, 0.3) is 0 Å². The molecule has 2 aromatic carbocycles. The van der Waals surface area contributed by atoms with Gasteiger partial charge >= 0.3 is 0 Å². The monoisotopic (exact) mass is 543 g/mol. The molecule has 0 spiro atoms. The number of nitrogens with zero attached hydrogens (tertiary/aromatic N) is 2. The molecule has 11 heteroatoms. The zero-order valence-electron chi connectivity index (χ0n) is 20.3. The summed E-state index contributed by atoms with van der Waals surface area (Å²) in [6, 6.07) is 10.6. The first-order valence-electron chi connectivity index (χ1n) is 11.1. The fourth-order valence-electron chi connectivity index (χ4n) is 3.32. The minimum Gasteiger partial charge on any atom is -0.497 e. The normalized spacial score (nSPS) is 12.1. The number of anilines is 1. The van der Waals surface area contributed by atoms with Crippen LogP contribution in [0.1, 0.15) is 32.3 Å². The average Bonchev–Trinajstić information content (AvgIpc) is 2.80. The lowest BCUT2D eigenvalue weighted by molar-refractivity contribution is -0.139. The molecule has 2 aromatic rings. The lowest BCUT2D eigenvalue weighted by Gasteiger charge is -2.31. The van der Waals surface area contributed by atoms with Gasteiger partial charge in [0.15, 0.2) is 0 Å². The molecule has 0 heterocycles. The number of nitrogens with one attached hydrogen (secondary N) is 1. The number of unbranched alkanes of at least 4 members (excludes halogenated alkanes) is 1. The summed E-state index contributed by atoms with van der Waals surface area (Å²) in [7, 11) is -2.34. The van der Waals surface area contributed by atoms with Crippen LogP contribution in [0.15, 0.2) is 42.5 Å². The first-order valence-corrected chi connectivity index (χ1v) is 13.7. The van der Waals surface area contributed by atoms with E-state index in [0.717, 1.165) is 29.0 Å². The molecule has 192 valence electrons. The summed E-state index contributed by atoms with van der Waals surface area (Å²) in [5.41, 5.74) is 0.874. The Kier molecular flexibility index (Phi) is 10.7. The van der Waals surface area contributed by atoms with Gasteiger partial charge in [0, 0.05) is 18.1 Å². The van der Waals surface area contributed by atoms with Crippen molar-refractivity contribution in [2.24, 2.45) is 0 Å². The zero-order chi connectivity index (χ0) is 26.2. The smallest absolute Gasteiger partial charge is 0.244 e. The number of halogens is 2. The van der Waals surface area contributed by atoms with Crippen LogP contribution in [-0.4, -0.2) is 57.6 Å². The van der Waals surface area contributed by atoms with Crippen LogP contribution in [0.4, 0.5) is 5.69 Å². The Hall–Kier alpha value is -2.49. The predicted octanol–water partition coefficient (Wildman–Crippen LogP) is 4.10. The maximum Gasteiger partial charge on any atom is 0.244 e. The molecule has 0 unspecified atom stereocenters. The molecule has 8 nitrogen and oxygen atoms in total. The summed E-state index contributed by atoms with van der Waals surface area (Å²) in [5.74, 6) is -0.233. The third-order valence-corrected chi connectivity index (χ3v) is 7.03. The van der Waals surface area contributed by atoms with Gasteiger partial charge in [-0.2, -0.15) is 0 Å². The zero-order valence-corrected chi connectivity index (χ0v) is 22.6. The van der Waals surface area contributed by atoms with Crippen molar-refractivity contribution in [2.75, 3.05) is 30.8 Å². The Labute approximate surface area is 217 Å². The molecular weight excluding hydrogens is 513 g/mol. The van der Waals surface area contributed by atoms with Crippen molar-refractivity contribution in [1.82, 2.24) is 10.2 Å². The van der Waals surface area contributed by atoms with Crippen LogP contribution in [0.2, 0.25) is 10.0 Å². The van der Waals surface area contributed by atoms with Gasteiger partial charge in [0.25, 0.3) is 0 Å². The number of carbonyl (C=O) groups excluding carboxylic acids is 2. The number of ether oxygens (including phenoxy) is 1. The van der Waals surface area contributed by atoms with Crippen molar-refractivity contribution in [1.29, 1.82) is 0 Å². The molecule has 0 aliphatic carbocycles. The molecule has 0 aliphatic heterocycles. The van der Waals surface area contributed by atoms with E-state index in [-0.39, 0.29) is 23.2 Å². The molecule has 0 aromatic heterocycles. The summed E-state index contributed by atoms with van der Waals surface area (Å²) in [6.45, 7) is 3.67. The topological polar surface area (TPSA) is 96.0 Å². The van der Waals surface area contributed by atoms with Gasteiger partial charge in [0.2, 0.25) is 21.8 Å². The van der Waals surface area contributed by atoms with Crippen molar-refractivity contribution in [3.8, 4) is 5.75 Å². The van der Waals surface area contributed by atoms with Crippen LogP contribution in [0.3, 0.4) is 0 Å². The molecule has 2 rings (SSSR count). The van der Waals surface area contributed by atoms with Crippen molar-refractivity contribution in [3.63, 3.8) is 0 Å². The van der Waals surface area contributed by atoms with E-state index < -0.39 is 28.5 Å². The van der Waals surface area contributed by atoms with Crippen LogP contribution < -0.4 is 14.4 Å². The van der Waals surface area contributed by atoms with E-state index in [1.54, 1.807) is 38.3 Å². The van der Waals surface area contributed by atoms with E-state index in [9.17, 15) is 18.0 Å². The standard InChI is InChI=1S/C24H31Cl2N3O5S/c1-5-6-13-27-24(31)17(2)28(15-18-7-10-20(34-3)11-8-18)23(30)16-29(35(4,32)33)22-12-9-19(25)14-21(22)26/h7-12,14,17H,5-6,13,15-16H2,1-4H3,(H,27,31)/t17-/m1/s1. The predicted molar refractivity (Wildman–Crippen MR) is 140 cm³/mol. The van der Waals surface area contributed by atoms with E-state index >= 15 is 0 Å². The minimum atomic E-state index is -3.89. The molecule has 0 radical (unpaired) electrons. The van der Waals surface area contributed by atoms with E-state index in [0.29, 0.717) is 17.3 Å². The summed E-state index contributed by atoms with van der Waals surface area (Å²) in [5, 5.41) is 3.25. The van der Waals surface area contributed by atoms with E-state index in [2.05, 4.69) is 5.32 Å². The molecule has 0 saturated heterocycles. The second kappa shape index (κ2) is 13.0. The van der Waals surface area contributed by atoms with Crippen molar-refractivity contribution in [2.45, 2.75) is 39.3 Å². The highest BCUT2D eigenvalue weighted by Gasteiger charge is 2.30. The molecule has 2 amide bonds. The van der Waals surface area contributed by atoms with Crippen molar-refractivity contribution >= 4 is 50.7 Å². The highest BCUT2D eigenvalue weighted by molar-refractivity contribution is 7.92. The van der Waals surface area contributed by atoms with Crippen molar-refractivity contribution < 1.29 is 22.7 Å². The largest absolute Gasteiger partial charge is 0.497 e. The summed E-state index contributed by atoms with van der Waals surface area (Å²) in [4.78, 5) is 27.7. The Morgan fingerprint density at radius 1 is 1.11 bits per heavy atom. The van der Waals surface area contributed by atoms with Crippen molar-refractivity contribution in [3.05, 3.63) is 58.1 Å². The van der Waals surface area contributed by atoms with Crippen LogP contribution in [0.5, 0.6) is 5.75 Å². The Morgan fingerprint density at radius 3 is 2.31 bits per heavy atom. The molecular formula is C24H31Cl2N3O5S. The number of benzene rings is 2.